The highest BCUT2D eigenvalue weighted by Gasteiger charge is 2.32. The number of para-hydroxylation sites is 1. The van der Waals surface area contributed by atoms with Crippen LogP contribution >= 0.6 is 27.5 Å². The van der Waals surface area contributed by atoms with Gasteiger partial charge >= 0.3 is 0 Å². The molecule has 0 saturated carbocycles. The van der Waals surface area contributed by atoms with Crippen molar-refractivity contribution in [3.05, 3.63) is 63.6 Å². The van der Waals surface area contributed by atoms with Crippen molar-refractivity contribution in [1.29, 1.82) is 0 Å². The summed E-state index contributed by atoms with van der Waals surface area (Å²) < 4.78 is 26.8. The summed E-state index contributed by atoms with van der Waals surface area (Å²) in [7, 11) is -3.78. The SMILES string of the molecule is CCCNC(=O)C(CC)N(Cc1ccc(Cl)cc1)C(=O)CN(c1ccccc1Br)S(C)(=O)=O. The topological polar surface area (TPSA) is 86.8 Å². The van der Waals surface area contributed by atoms with Crippen molar-refractivity contribution in [2.75, 3.05) is 23.7 Å². The molecule has 0 heterocycles. The maximum Gasteiger partial charge on any atom is 0.244 e. The number of carbonyl (C=O) groups is 2. The van der Waals surface area contributed by atoms with Crippen molar-refractivity contribution < 1.29 is 18.0 Å². The zero-order valence-electron chi connectivity index (χ0n) is 18.9. The number of hydrogen-bond donors (Lipinski definition) is 1. The summed E-state index contributed by atoms with van der Waals surface area (Å²) in [5.74, 6) is -0.752. The Morgan fingerprint density at radius 1 is 1.09 bits per heavy atom. The van der Waals surface area contributed by atoms with E-state index in [1.54, 1.807) is 48.5 Å². The van der Waals surface area contributed by atoms with E-state index in [1.165, 1.54) is 4.90 Å². The van der Waals surface area contributed by atoms with E-state index in [-0.39, 0.29) is 12.5 Å². The van der Waals surface area contributed by atoms with Crippen LogP contribution in [0.25, 0.3) is 0 Å². The number of halogens is 2. The van der Waals surface area contributed by atoms with Gasteiger partial charge in [-0.15, -0.1) is 0 Å². The Bertz CT molecular complexity index is 1060. The normalized spacial score (nSPS) is 12.2. The van der Waals surface area contributed by atoms with Crippen LogP contribution in [0.2, 0.25) is 5.02 Å². The number of nitrogens with zero attached hydrogens (tertiary/aromatic N) is 2. The summed E-state index contributed by atoms with van der Waals surface area (Å²) in [5, 5.41) is 3.40. The van der Waals surface area contributed by atoms with E-state index in [0.29, 0.717) is 28.1 Å². The van der Waals surface area contributed by atoms with Gasteiger partial charge in [0.15, 0.2) is 0 Å². The lowest BCUT2D eigenvalue weighted by molar-refractivity contribution is -0.140. The zero-order valence-corrected chi connectivity index (χ0v) is 22.1. The molecule has 0 aliphatic carbocycles. The maximum atomic E-state index is 13.5. The summed E-state index contributed by atoms with van der Waals surface area (Å²) in [4.78, 5) is 27.8. The molecule has 1 atom stereocenters. The van der Waals surface area contributed by atoms with Gasteiger partial charge in [0.05, 0.1) is 11.9 Å². The van der Waals surface area contributed by atoms with Crippen LogP contribution in [0.5, 0.6) is 0 Å². The van der Waals surface area contributed by atoms with Crippen molar-refractivity contribution in [3.8, 4) is 0 Å². The Hall–Kier alpha value is -2.10. The highest BCUT2D eigenvalue weighted by molar-refractivity contribution is 9.10. The molecule has 0 fully saturated rings. The first kappa shape index (κ1) is 27.1. The van der Waals surface area contributed by atoms with Crippen LogP contribution in [-0.4, -0.2) is 50.5 Å². The first-order valence-electron chi connectivity index (χ1n) is 10.6. The Balaban J connectivity index is 2.42. The van der Waals surface area contributed by atoms with Crippen LogP contribution in [0.3, 0.4) is 0 Å². The molecular formula is C23H29BrClN3O4S. The quantitative estimate of drug-likeness (QED) is 0.448. The molecular weight excluding hydrogens is 530 g/mol. The molecule has 2 aromatic carbocycles. The van der Waals surface area contributed by atoms with Gasteiger partial charge in [-0.1, -0.05) is 49.7 Å². The average molecular weight is 559 g/mol. The van der Waals surface area contributed by atoms with Gasteiger partial charge in [-0.25, -0.2) is 8.42 Å². The molecule has 2 rings (SSSR count). The first-order chi connectivity index (χ1) is 15.6. The molecule has 0 radical (unpaired) electrons. The second kappa shape index (κ2) is 12.4. The second-order valence-corrected chi connectivity index (χ2v) is 10.8. The highest BCUT2D eigenvalue weighted by Crippen LogP contribution is 2.28. The largest absolute Gasteiger partial charge is 0.354 e. The highest BCUT2D eigenvalue weighted by atomic mass is 79.9. The second-order valence-electron chi connectivity index (χ2n) is 7.58. The van der Waals surface area contributed by atoms with Crippen molar-refractivity contribution in [2.45, 2.75) is 39.3 Å². The van der Waals surface area contributed by atoms with Gasteiger partial charge in [-0.05, 0) is 58.6 Å². The van der Waals surface area contributed by atoms with Gasteiger partial charge in [0.1, 0.15) is 12.6 Å². The van der Waals surface area contributed by atoms with Gasteiger partial charge in [-0.2, -0.15) is 0 Å². The van der Waals surface area contributed by atoms with Crippen LogP contribution in [-0.2, 0) is 26.2 Å². The summed E-state index contributed by atoms with van der Waals surface area (Å²) in [6.45, 7) is 3.96. The number of anilines is 1. The lowest BCUT2D eigenvalue weighted by Gasteiger charge is -2.33. The lowest BCUT2D eigenvalue weighted by atomic mass is 10.1. The van der Waals surface area contributed by atoms with Crippen LogP contribution < -0.4 is 9.62 Å². The van der Waals surface area contributed by atoms with Gasteiger partial charge in [0.2, 0.25) is 21.8 Å². The van der Waals surface area contributed by atoms with E-state index in [9.17, 15) is 18.0 Å². The Morgan fingerprint density at radius 3 is 2.27 bits per heavy atom. The van der Waals surface area contributed by atoms with E-state index in [1.807, 2.05) is 13.8 Å². The average Bonchev–Trinajstić information content (AvgIpc) is 2.77. The smallest absolute Gasteiger partial charge is 0.244 e. The Kier molecular flexibility index (Phi) is 10.2. The molecule has 10 heteroatoms. The predicted octanol–water partition coefficient (Wildman–Crippen LogP) is 4.20. The number of hydrogen-bond acceptors (Lipinski definition) is 4. The summed E-state index contributed by atoms with van der Waals surface area (Å²) in [6, 6.07) is 13.0. The predicted molar refractivity (Wildman–Crippen MR) is 136 cm³/mol. The van der Waals surface area contributed by atoms with E-state index >= 15 is 0 Å². The minimum Gasteiger partial charge on any atom is -0.354 e. The molecule has 2 aromatic rings. The summed E-state index contributed by atoms with van der Waals surface area (Å²) in [6.07, 6.45) is 2.19. The number of benzene rings is 2. The van der Waals surface area contributed by atoms with Crippen molar-refractivity contribution in [3.63, 3.8) is 0 Å². The van der Waals surface area contributed by atoms with E-state index in [4.69, 9.17) is 11.6 Å². The molecule has 2 amide bonds. The van der Waals surface area contributed by atoms with Crippen LogP contribution in [0.4, 0.5) is 5.69 Å². The molecule has 180 valence electrons. The number of nitrogens with one attached hydrogen (secondary N) is 1. The molecule has 0 aliphatic rings. The first-order valence-corrected chi connectivity index (χ1v) is 13.6. The van der Waals surface area contributed by atoms with Gasteiger partial charge in [-0.3, -0.25) is 13.9 Å². The molecule has 1 N–H and O–H groups in total. The fourth-order valence-corrected chi connectivity index (χ4v) is 4.92. The van der Waals surface area contributed by atoms with Crippen molar-refractivity contribution >= 4 is 55.1 Å². The third kappa shape index (κ3) is 7.72. The summed E-state index contributed by atoms with van der Waals surface area (Å²) in [5.41, 5.74) is 1.13. The number of carbonyl (C=O) groups excluding carboxylic acids is 2. The molecule has 0 saturated heterocycles. The number of rotatable bonds is 11. The molecule has 1 unspecified atom stereocenters. The van der Waals surface area contributed by atoms with Crippen molar-refractivity contribution in [2.24, 2.45) is 0 Å². The van der Waals surface area contributed by atoms with Crippen LogP contribution in [0.1, 0.15) is 32.3 Å². The Labute approximate surface area is 209 Å². The number of amides is 2. The Morgan fingerprint density at radius 2 is 1.73 bits per heavy atom. The molecule has 0 aliphatic heterocycles. The minimum absolute atomic E-state index is 0.140. The summed E-state index contributed by atoms with van der Waals surface area (Å²) >= 11 is 9.35. The van der Waals surface area contributed by atoms with Crippen molar-refractivity contribution in [1.82, 2.24) is 10.2 Å². The van der Waals surface area contributed by atoms with E-state index < -0.39 is 28.5 Å². The molecule has 0 aromatic heterocycles. The van der Waals surface area contributed by atoms with Gasteiger partial charge in [0.25, 0.3) is 0 Å². The number of sulfonamides is 1. The minimum atomic E-state index is -3.78. The molecule has 33 heavy (non-hydrogen) atoms. The van der Waals surface area contributed by atoms with Gasteiger partial charge in [0, 0.05) is 22.6 Å². The molecule has 0 bridgehead atoms. The fraction of sp³-hybridized carbons (Fsp3) is 0.391. The van der Waals surface area contributed by atoms with E-state index in [0.717, 1.165) is 22.5 Å². The third-order valence-corrected chi connectivity index (χ3v) is 7.05. The van der Waals surface area contributed by atoms with Crippen LogP contribution in [0, 0.1) is 0 Å². The standard InChI is InChI=1S/C23H29BrClN3O4S/c1-4-14-26-23(30)20(5-2)27(15-17-10-12-18(25)13-11-17)22(29)16-28(33(3,31)32)21-9-7-6-8-19(21)24/h6-13,20H,4-5,14-16H2,1-3H3,(H,26,30). The third-order valence-electron chi connectivity index (χ3n) is 5.00. The van der Waals surface area contributed by atoms with E-state index in [2.05, 4.69) is 21.2 Å². The van der Waals surface area contributed by atoms with Crippen LogP contribution in [0.15, 0.2) is 53.0 Å². The lowest BCUT2D eigenvalue weighted by Crippen LogP contribution is -2.52. The zero-order chi connectivity index (χ0) is 24.6. The maximum absolute atomic E-state index is 13.5. The van der Waals surface area contributed by atoms with Gasteiger partial charge < -0.3 is 10.2 Å². The molecule has 7 nitrogen and oxygen atoms in total. The monoisotopic (exact) mass is 557 g/mol. The molecule has 0 spiro atoms. The fourth-order valence-electron chi connectivity index (χ4n) is 3.32.